The first kappa shape index (κ1) is 14.1. The van der Waals surface area contributed by atoms with Gasteiger partial charge in [-0.05, 0) is 12.0 Å². The fourth-order valence-corrected chi connectivity index (χ4v) is 0.930. The summed E-state index contributed by atoms with van der Waals surface area (Å²) in [7, 11) is 0. The van der Waals surface area contributed by atoms with Crippen molar-refractivity contribution in [3.63, 3.8) is 0 Å². The summed E-state index contributed by atoms with van der Waals surface area (Å²) >= 11 is 0. The largest absolute Gasteiger partial charge is 0.481 e. The van der Waals surface area contributed by atoms with E-state index in [1.54, 1.807) is 0 Å². The molecule has 0 heterocycles. The van der Waals surface area contributed by atoms with E-state index >= 15 is 0 Å². The average Bonchev–Trinajstić information content (AvgIpc) is 2.26. The number of carboxylic acids is 1. The number of rotatable bonds is 3. The maximum atomic E-state index is 11.2. The summed E-state index contributed by atoms with van der Waals surface area (Å²) in [5.74, 6) is -1.65. The van der Waals surface area contributed by atoms with Gasteiger partial charge < -0.3 is 5.11 Å². The zero-order chi connectivity index (χ0) is 12.4. The quantitative estimate of drug-likeness (QED) is 0.860. The molecule has 1 aromatic rings. The molecule has 0 aromatic heterocycles. The van der Waals surface area contributed by atoms with E-state index in [0.717, 1.165) is 12.5 Å². The third kappa shape index (κ3) is 8.68. The number of hydrogen-bond acceptors (Lipinski definition) is 3. The second kappa shape index (κ2) is 8.40. The Balaban J connectivity index is 0.000000487. The van der Waals surface area contributed by atoms with Crippen molar-refractivity contribution in [3.05, 3.63) is 35.9 Å². The molecule has 4 nitrogen and oxygen atoms in total. The number of halogens is 1. The smallest absolute Gasteiger partial charge is 0.349 e. The van der Waals surface area contributed by atoms with Gasteiger partial charge in [-0.25, -0.2) is 4.79 Å². The Kier molecular flexibility index (Phi) is 7.40. The van der Waals surface area contributed by atoms with Crippen LogP contribution in [0.3, 0.4) is 0 Å². The molecule has 0 aliphatic heterocycles. The first-order valence-electron chi connectivity index (χ1n) is 4.61. The third-order valence-electron chi connectivity index (χ3n) is 1.55. The van der Waals surface area contributed by atoms with Crippen molar-refractivity contribution in [3.8, 4) is 0 Å². The van der Waals surface area contributed by atoms with Crippen molar-refractivity contribution in [2.45, 2.75) is 19.8 Å². The lowest BCUT2D eigenvalue weighted by Crippen LogP contribution is -1.99. The number of carbonyl (C=O) groups excluding carboxylic acids is 1. The molecule has 0 unspecified atom stereocenters. The summed E-state index contributed by atoms with van der Waals surface area (Å²) in [5.41, 5.74) is 1.00. The van der Waals surface area contributed by atoms with Gasteiger partial charge in [0.05, 0.1) is 6.42 Å². The standard InChI is InChI=1S/C9H9FO2.C2H4O2/c10-12-9(11)7-6-8-4-2-1-3-5-8;1-2(3)4/h1-5H,6-7H2;1H3,(H,3,4). The summed E-state index contributed by atoms with van der Waals surface area (Å²) in [5, 5.41) is 7.42. The van der Waals surface area contributed by atoms with Gasteiger partial charge in [0.2, 0.25) is 0 Å². The number of aryl methyl sites for hydroxylation is 1. The summed E-state index contributed by atoms with van der Waals surface area (Å²) in [6, 6.07) is 9.39. The number of hydrogen-bond donors (Lipinski definition) is 1. The Labute approximate surface area is 92.6 Å². The molecular formula is C11H13FO4. The molecule has 1 rings (SSSR count). The van der Waals surface area contributed by atoms with Crippen LogP contribution in [0.2, 0.25) is 0 Å². The van der Waals surface area contributed by atoms with Gasteiger partial charge in [-0.3, -0.25) is 9.74 Å². The van der Waals surface area contributed by atoms with Crippen molar-refractivity contribution in [1.29, 1.82) is 0 Å². The molecule has 88 valence electrons. The van der Waals surface area contributed by atoms with E-state index in [9.17, 15) is 9.32 Å². The van der Waals surface area contributed by atoms with Crippen LogP contribution in [0.5, 0.6) is 0 Å². The summed E-state index contributed by atoms with van der Waals surface area (Å²) in [6.07, 6.45) is 0.601. The monoisotopic (exact) mass is 228 g/mol. The van der Waals surface area contributed by atoms with Gasteiger partial charge in [0.1, 0.15) is 0 Å². The third-order valence-corrected chi connectivity index (χ3v) is 1.55. The van der Waals surface area contributed by atoms with Crippen LogP contribution in [0.4, 0.5) is 4.53 Å². The van der Waals surface area contributed by atoms with E-state index in [0.29, 0.717) is 6.42 Å². The fourth-order valence-electron chi connectivity index (χ4n) is 0.930. The molecule has 1 aromatic carbocycles. The molecule has 0 aliphatic rings. The van der Waals surface area contributed by atoms with Gasteiger partial charge in [0, 0.05) is 11.4 Å². The van der Waals surface area contributed by atoms with Crippen LogP contribution in [0.1, 0.15) is 18.9 Å². The zero-order valence-corrected chi connectivity index (χ0v) is 8.85. The van der Waals surface area contributed by atoms with Crippen molar-refractivity contribution in [2.24, 2.45) is 0 Å². The molecular weight excluding hydrogens is 215 g/mol. The highest BCUT2D eigenvalue weighted by Gasteiger charge is 2.02. The van der Waals surface area contributed by atoms with Crippen LogP contribution in [0.15, 0.2) is 30.3 Å². The van der Waals surface area contributed by atoms with Gasteiger partial charge in [0.15, 0.2) is 0 Å². The summed E-state index contributed by atoms with van der Waals surface area (Å²) in [6.45, 7) is 1.08. The molecule has 0 fully saturated rings. The van der Waals surface area contributed by atoms with Crippen LogP contribution < -0.4 is 0 Å². The Morgan fingerprint density at radius 2 is 1.81 bits per heavy atom. The Morgan fingerprint density at radius 1 is 1.31 bits per heavy atom. The number of benzene rings is 1. The summed E-state index contributed by atoms with van der Waals surface area (Å²) < 4.78 is 11.2. The van der Waals surface area contributed by atoms with Crippen LogP contribution >= 0.6 is 0 Å². The minimum Gasteiger partial charge on any atom is -0.481 e. The number of aliphatic carboxylic acids is 1. The first-order chi connectivity index (χ1) is 7.56. The van der Waals surface area contributed by atoms with E-state index < -0.39 is 11.9 Å². The lowest BCUT2D eigenvalue weighted by molar-refractivity contribution is -0.183. The maximum absolute atomic E-state index is 11.2. The minimum absolute atomic E-state index is 0.0838. The zero-order valence-electron chi connectivity index (χ0n) is 8.85. The van der Waals surface area contributed by atoms with Gasteiger partial charge in [-0.15, -0.1) is 0 Å². The highest BCUT2D eigenvalue weighted by molar-refractivity contribution is 5.68. The minimum atomic E-state index is -0.833. The molecule has 16 heavy (non-hydrogen) atoms. The van der Waals surface area contributed by atoms with E-state index in [1.807, 2.05) is 30.3 Å². The molecule has 1 N–H and O–H groups in total. The average molecular weight is 228 g/mol. The van der Waals surface area contributed by atoms with Gasteiger partial charge >= 0.3 is 5.97 Å². The molecule has 5 heteroatoms. The van der Waals surface area contributed by atoms with Crippen LogP contribution in [-0.2, 0) is 21.0 Å². The number of carboxylic acid groups (broad SMARTS) is 1. The summed E-state index contributed by atoms with van der Waals surface area (Å²) in [4.78, 5) is 22.4. The van der Waals surface area contributed by atoms with E-state index in [1.165, 1.54) is 0 Å². The normalized spacial score (nSPS) is 8.62. The molecule has 0 aliphatic carbocycles. The van der Waals surface area contributed by atoms with E-state index in [2.05, 4.69) is 4.94 Å². The molecule has 0 atom stereocenters. The van der Waals surface area contributed by atoms with Gasteiger partial charge in [-0.1, -0.05) is 30.3 Å². The van der Waals surface area contributed by atoms with Crippen molar-refractivity contribution in [1.82, 2.24) is 0 Å². The Bertz CT molecular complexity index is 320. The molecule has 0 radical (unpaired) electrons. The molecule has 0 saturated carbocycles. The SMILES string of the molecule is CC(=O)O.O=C(CCc1ccccc1)OF. The first-order valence-corrected chi connectivity index (χ1v) is 4.61. The fraction of sp³-hybridized carbons (Fsp3) is 0.273. The second-order valence-corrected chi connectivity index (χ2v) is 2.95. The van der Waals surface area contributed by atoms with Crippen LogP contribution in [0.25, 0.3) is 0 Å². The molecule has 0 spiro atoms. The van der Waals surface area contributed by atoms with Gasteiger partial charge in [0.25, 0.3) is 5.97 Å². The van der Waals surface area contributed by atoms with E-state index in [-0.39, 0.29) is 6.42 Å². The lowest BCUT2D eigenvalue weighted by atomic mass is 10.1. The van der Waals surface area contributed by atoms with Crippen LogP contribution in [0, 0.1) is 0 Å². The second-order valence-electron chi connectivity index (χ2n) is 2.95. The predicted octanol–water partition coefficient (Wildman–Crippen LogP) is 2.14. The topological polar surface area (TPSA) is 63.6 Å². The van der Waals surface area contributed by atoms with Crippen molar-refractivity contribution in [2.75, 3.05) is 0 Å². The lowest BCUT2D eigenvalue weighted by Gasteiger charge is -1.96. The highest BCUT2D eigenvalue weighted by atomic mass is 19.3. The highest BCUT2D eigenvalue weighted by Crippen LogP contribution is 2.02. The Hall–Kier alpha value is -1.91. The predicted molar refractivity (Wildman–Crippen MR) is 55.3 cm³/mol. The van der Waals surface area contributed by atoms with Crippen molar-refractivity contribution < 1.29 is 24.2 Å². The number of carbonyl (C=O) groups is 2. The van der Waals surface area contributed by atoms with Crippen LogP contribution in [-0.4, -0.2) is 17.0 Å². The Morgan fingerprint density at radius 3 is 2.25 bits per heavy atom. The molecule has 0 amide bonds. The van der Waals surface area contributed by atoms with Crippen molar-refractivity contribution >= 4 is 11.9 Å². The molecule has 0 bridgehead atoms. The maximum Gasteiger partial charge on any atom is 0.349 e. The molecule has 0 saturated heterocycles. The van der Waals surface area contributed by atoms with Gasteiger partial charge in [-0.2, -0.15) is 0 Å². The van der Waals surface area contributed by atoms with E-state index in [4.69, 9.17) is 9.90 Å².